The van der Waals surface area contributed by atoms with Crippen molar-refractivity contribution in [1.29, 1.82) is 0 Å². The largest absolute Gasteiger partial charge is 0.338 e. The van der Waals surface area contributed by atoms with Gasteiger partial charge in [0.15, 0.2) is 0 Å². The van der Waals surface area contributed by atoms with E-state index in [0.29, 0.717) is 16.6 Å². The zero-order chi connectivity index (χ0) is 15.6. The van der Waals surface area contributed by atoms with E-state index in [4.69, 9.17) is 23.2 Å². The molecule has 0 aliphatic heterocycles. The normalized spacial score (nSPS) is 12.2. The minimum absolute atomic E-state index is 0.408. The summed E-state index contributed by atoms with van der Waals surface area (Å²) in [7, 11) is 0. The number of rotatable bonds is 3. The smallest absolute Gasteiger partial charge is 0.321 e. The van der Waals surface area contributed by atoms with Crippen LogP contribution in [0.5, 0.6) is 0 Å². The Kier molecular flexibility index (Phi) is 4.75. The predicted octanol–water partition coefficient (Wildman–Crippen LogP) is 3.35. The lowest BCUT2D eigenvalue weighted by atomic mass is 10.2. The zero-order valence-corrected chi connectivity index (χ0v) is 13.1. The molecule has 5 nitrogen and oxygen atoms in total. The maximum atomic E-state index is 12.1. The second-order valence-electron chi connectivity index (χ2n) is 4.57. The Morgan fingerprint density at radius 2 is 2.05 bits per heavy atom. The molecule has 1 atom stereocenters. The van der Waals surface area contributed by atoms with Crippen molar-refractivity contribution in [3.63, 3.8) is 0 Å². The van der Waals surface area contributed by atoms with Crippen LogP contribution in [0.25, 0.3) is 10.9 Å². The third-order valence-electron chi connectivity index (χ3n) is 3.12. The first-order chi connectivity index (χ1) is 9.93. The Balaban J connectivity index is 2.29. The Labute approximate surface area is 132 Å². The van der Waals surface area contributed by atoms with Gasteiger partial charge in [-0.3, -0.25) is 10.1 Å². The van der Waals surface area contributed by atoms with Crippen molar-refractivity contribution in [1.82, 2.24) is 15.2 Å². The van der Waals surface area contributed by atoms with Gasteiger partial charge in [0.05, 0.1) is 10.5 Å². The fourth-order valence-electron chi connectivity index (χ4n) is 2.07. The number of imide groups is 1. The van der Waals surface area contributed by atoms with Gasteiger partial charge >= 0.3 is 6.03 Å². The van der Waals surface area contributed by atoms with Crippen LogP contribution in [-0.4, -0.2) is 23.1 Å². The van der Waals surface area contributed by atoms with Gasteiger partial charge in [0, 0.05) is 23.2 Å². The number of nitrogens with one attached hydrogen (secondary N) is 2. The minimum Gasteiger partial charge on any atom is -0.338 e. The lowest BCUT2D eigenvalue weighted by Gasteiger charge is -2.15. The number of hydrogen-bond acceptors (Lipinski definition) is 2. The molecule has 0 fully saturated rings. The number of amides is 3. The standard InChI is InChI=1S/C14H15Cl2N3O2/c1-3-17-14(21)18-13(20)8(2)19-5-4-10-11(16)6-9(15)7-12(10)19/h4-8H,3H2,1-2H3,(H2,17,18,20,21). The second-order valence-corrected chi connectivity index (χ2v) is 5.41. The summed E-state index contributed by atoms with van der Waals surface area (Å²) in [6, 6.07) is 4.11. The fourth-order valence-corrected chi connectivity index (χ4v) is 2.62. The van der Waals surface area contributed by atoms with E-state index >= 15 is 0 Å². The monoisotopic (exact) mass is 327 g/mol. The van der Waals surface area contributed by atoms with Gasteiger partial charge in [0.2, 0.25) is 0 Å². The molecule has 2 aromatic rings. The third-order valence-corrected chi connectivity index (χ3v) is 3.65. The maximum absolute atomic E-state index is 12.1. The predicted molar refractivity (Wildman–Crippen MR) is 83.9 cm³/mol. The average Bonchev–Trinajstić information content (AvgIpc) is 2.81. The number of carbonyl (C=O) groups is 2. The molecular weight excluding hydrogens is 313 g/mol. The van der Waals surface area contributed by atoms with Crippen LogP contribution in [0.4, 0.5) is 4.79 Å². The summed E-state index contributed by atoms with van der Waals surface area (Å²) in [5.74, 6) is -0.408. The molecule has 1 aromatic carbocycles. The van der Waals surface area contributed by atoms with Crippen LogP contribution in [0.15, 0.2) is 24.4 Å². The summed E-state index contributed by atoms with van der Waals surface area (Å²) in [6.07, 6.45) is 1.74. The highest BCUT2D eigenvalue weighted by Crippen LogP contribution is 2.30. The highest BCUT2D eigenvalue weighted by atomic mass is 35.5. The van der Waals surface area contributed by atoms with Crippen LogP contribution in [-0.2, 0) is 4.79 Å². The number of fused-ring (bicyclic) bond motifs is 1. The summed E-state index contributed by atoms with van der Waals surface area (Å²) in [6.45, 7) is 3.92. The zero-order valence-electron chi connectivity index (χ0n) is 11.6. The van der Waals surface area contributed by atoms with Crippen LogP contribution in [0.3, 0.4) is 0 Å². The molecule has 0 saturated carbocycles. The van der Waals surface area contributed by atoms with Gasteiger partial charge in [-0.15, -0.1) is 0 Å². The Morgan fingerprint density at radius 3 is 2.71 bits per heavy atom. The third kappa shape index (κ3) is 3.31. The van der Waals surface area contributed by atoms with Gasteiger partial charge in [-0.1, -0.05) is 23.2 Å². The van der Waals surface area contributed by atoms with Crippen LogP contribution >= 0.6 is 23.2 Å². The number of benzene rings is 1. The first-order valence-corrected chi connectivity index (χ1v) is 7.24. The second kappa shape index (κ2) is 6.37. The molecule has 21 heavy (non-hydrogen) atoms. The van der Waals surface area contributed by atoms with Crippen molar-refractivity contribution < 1.29 is 9.59 Å². The fraction of sp³-hybridized carbons (Fsp3) is 0.286. The van der Waals surface area contributed by atoms with Gasteiger partial charge in [0.25, 0.3) is 5.91 Å². The summed E-state index contributed by atoms with van der Waals surface area (Å²) in [5, 5.41) is 6.61. The molecule has 0 aliphatic rings. The lowest BCUT2D eigenvalue weighted by Crippen LogP contribution is -2.42. The van der Waals surface area contributed by atoms with E-state index in [9.17, 15) is 9.59 Å². The summed E-state index contributed by atoms with van der Waals surface area (Å²) in [4.78, 5) is 23.5. The molecule has 0 radical (unpaired) electrons. The Hall–Kier alpha value is -1.72. The maximum Gasteiger partial charge on any atom is 0.321 e. The van der Waals surface area contributed by atoms with Crippen molar-refractivity contribution in [3.05, 3.63) is 34.4 Å². The van der Waals surface area contributed by atoms with Crippen molar-refractivity contribution in [2.24, 2.45) is 0 Å². The van der Waals surface area contributed by atoms with Gasteiger partial charge in [-0.05, 0) is 32.0 Å². The Morgan fingerprint density at radius 1 is 1.33 bits per heavy atom. The molecule has 1 unspecified atom stereocenters. The molecule has 7 heteroatoms. The summed E-state index contributed by atoms with van der Waals surface area (Å²) >= 11 is 12.1. The van der Waals surface area contributed by atoms with Crippen molar-refractivity contribution in [2.45, 2.75) is 19.9 Å². The van der Waals surface area contributed by atoms with E-state index in [2.05, 4.69) is 10.6 Å². The van der Waals surface area contributed by atoms with Crippen LogP contribution in [0, 0.1) is 0 Å². The van der Waals surface area contributed by atoms with Crippen molar-refractivity contribution in [2.75, 3.05) is 6.54 Å². The molecular formula is C14H15Cl2N3O2. The summed E-state index contributed by atoms with van der Waals surface area (Å²) < 4.78 is 1.72. The quantitative estimate of drug-likeness (QED) is 0.907. The topological polar surface area (TPSA) is 63.1 Å². The first-order valence-electron chi connectivity index (χ1n) is 6.48. The van der Waals surface area contributed by atoms with E-state index < -0.39 is 18.0 Å². The SMILES string of the molecule is CCNC(=O)NC(=O)C(C)n1ccc2c(Cl)cc(Cl)cc21. The molecule has 2 rings (SSSR count). The van der Waals surface area contributed by atoms with E-state index in [0.717, 1.165) is 10.9 Å². The van der Waals surface area contributed by atoms with Gasteiger partial charge in [0.1, 0.15) is 6.04 Å². The van der Waals surface area contributed by atoms with E-state index in [-0.39, 0.29) is 0 Å². The molecule has 0 aliphatic carbocycles. The van der Waals surface area contributed by atoms with Gasteiger partial charge in [-0.2, -0.15) is 0 Å². The van der Waals surface area contributed by atoms with Crippen molar-refractivity contribution >= 4 is 46.0 Å². The number of hydrogen-bond donors (Lipinski definition) is 2. The lowest BCUT2D eigenvalue weighted by molar-refractivity contribution is -0.122. The molecule has 0 bridgehead atoms. The summed E-state index contributed by atoms with van der Waals surface area (Å²) in [5.41, 5.74) is 0.742. The molecule has 2 N–H and O–H groups in total. The number of nitrogens with zero attached hydrogens (tertiary/aromatic N) is 1. The highest BCUT2D eigenvalue weighted by Gasteiger charge is 2.19. The molecule has 1 heterocycles. The molecule has 112 valence electrons. The van der Waals surface area contributed by atoms with E-state index in [1.54, 1.807) is 36.7 Å². The first kappa shape index (κ1) is 15.7. The molecule has 3 amide bonds. The Bertz CT molecular complexity index is 697. The molecule has 1 aromatic heterocycles. The van der Waals surface area contributed by atoms with Crippen LogP contribution in [0.1, 0.15) is 19.9 Å². The molecule has 0 saturated heterocycles. The molecule has 0 spiro atoms. The average molecular weight is 328 g/mol. The number of carbonyl (C=O) groups excluding carboxylic acids is 2. The van der Waals surface area contributed by atoms with Crippen molar-refractivity contribution in [3.8, 4) is 0 Å². The number of halogens is 2. The number of urea groups is 1. The van der Waals surface area contributed by atoms with E-state index in [1.807, 2.05) is 6.07 Å². The van der Waals surface area contributed by atoms with E-state index in [1.165, 1.54) is 0 Å². The van der Waals surface area contributed by atoms with Crippen LogP contribution in [0.2, 0.25) is 10.0 Å². The highest BCUT2D eigenvalue weighted by molar-refractivity contribution is 6.38. The number of aromatic nitrogens is 1. The van der Waals surface area contributed by atoms with Gasteiger partial charge < -0.3 is 9.88 Å². The van der Waals surface area contributed by atoms with Crippen LogP contribution < -0.4 is 10.6 Å². The minimum atomic E-state index is -0.570. The van der Waals surface area contributed by atoms with Gasteiger partial charge in [-0.25, -0.2) is 4.79 Å².